The number of phenols is 1. The zero-order chi connectivity index (χ0) is 19.8. The number of benzene rings is 1. The molecule has 1 aromatic carbocycles. The Bertz CT molecular complexity index is 1060. The molecule has 1 saturated carbocycles. The number of esters is 1. The monoisotopic (exact) mass is 380 g/mol. The van der Waals surface area contributed by atoms with E-state index in [0.29, 0.717) is 11.7 Å². The van der Waals surface area contributed by atoms with Crippen LogP contribution in [0.1, 0.15) is 73.0 Å². The van der Waals surface area contributed by atoms with Gasteiger partial charge in [-0.3, -0.25) is 14.5 Å². The van der Waals surface area contributed by atoms with E-state index < -0.39 is 5.97 Å². The van der Waals surface area contributed by atoms with Gasteiger partial charge >= 0.3 is 5.97 Å². The number of hydrogen-bond donors (Lipinski definition) is 1. The third-order valence-corrected chi connectivity index (χ3v) is 6.46. The number of ether oxygens (including phenoxy) is 1. The van der Waals surface area contributed by atoms with Crippen LogP contribution in [0.4, 0.5) is 0 Å². The molecule has 0 radical (unpaired) electrons. The topological polar surface area (TPSA) is 71.8 Å². The van der Waals surface area contributed by atoms with Crippen molar-refractivity contribution in [3.05, 3.63) is 51.3 Å². The minimum Gasteiger partial charge on any atom is -0.508 e. The highest BCUT2D eigenvalue weighted by molar-refractivity contribution is 5.89. The number of carbonyl (C=O) groups excluding carboxylic acids is 1. The highest BCUT2D eigenvalue weighted by Gasteiger charge is 2.45. The van der Waals surface area contributed by atoms with E-state index in [2.05, 4.69) is 18.9 Å². The van der Waals surface area contributed by atoms with E-state index in [9.17, 15) is 14.7 Å². The van der Waals surface area contributed by atoms with E-state index in [1.807, 2.05) is 16.8 Å². The third-order valence-electron chi connectivity index (χ3n) is 6.46. The summed E-state index contributed by atoms with van der Waals surface area (Å²) in [5.41, 5.74) is 3.30. The number of aromatic hydroxyl groups is 1. The number of hydrogen-bond acceptors (Lipinski definition) is 5. The number of rotatable bonds is 2. The van der Waals surface area contributed by atoms with E-state index >= 15 is 0 Å². The van der Waals surface area contributed by atoms with Crippen LogP contribution in [0.5, 0.6) is 5.75 Å². The van der Waals surface area contributed by atoms with Gasteiger partial charge in [0, 0.05) is 17.8 Å². The molecule has 3 aliphatic rings. The molecular formula is C22H24N2O4. The van der Waals surface area contributed by atoms with Crippen molar-refractivity contribution in [1.29, 1.82) is 0 Å². The van der Waals surface area contributed by atoms with Gasteiger partial charge in [-0.15, -0.1) is 0 Å². The van der Waals surface area contributed by atoms with E-state index in [4.69, 9.17) is 4.74 Å². The number of pyridine rings is 1. The summed E-state index contributed by atoms with van der Waals surface area (Å²) in [6.45, 7) is 4.33. The van der Waals surface area contributed by atoms with Crippen molar-refractivity contribution in [3.63, 3.8) is 0 Å². The minimum atomic E-state index is -0.621. The van der Waals surface area contributed by atoms with Crippen LogP contribution in [0.25, 0.3) is 11.3 Å². The first-order chi connectivity index (χ1) is 13.3. The van der Waals surface area contributed by atoms with E-state index in [0.717, 1.165) is 48.1 Å². The summed E-state index contributed by atoms with van der Waals surface area (Å²) in [7, 11) is 1.29. The van der Waals surface area contributed by atoms with Gasteiger partial charge in [-0.25, -0.2) is 4.79 Å². The smallest absolute Gasteiger partial charge is 0.343 e. The second-order valence-corrected chi connectivity index (χ2v) is 8.76. The SMILES string of the molecule is COC(=O)c1cn2c(cc1=O)-c1cc(C3CC3)c(O)cc1[C@H]1CCC(C)(C)N12. The zero-order valence-corrected chi connectivity index (χ0v) is 16.4. The summed E-state index contributed by atoms with van der Waals surface area (Å²) in [5, 5.41) is 12.9. The Morgan fingerprint density at radius 3 is 2.61 bits per heavy atom. The molecule has 2 aliphatic heterocycles. The van der Waals surface area contributed by atoms with Crippen LogP contribution >= 0.6 is 0 Å². The van der Waals surface area contributed by atoms with E-state index in [-0.39, 0.29) is 22.6 Å². The molecule has 146 valence electrons. The maximum Gasteiger partial charge on any atom is 0.343 e. The van der Waals surface area contributed by atoms with Crippen molar-refractivity contribution >= 4 is 5.97 Å². The number of aromatic nitrogens is 1. The number of nitrogens with zero attached hydrogens (tertiary/aromatic N) is 2. The predicted molar refractivity (Wildman–Crippen MR) is 105 cm³/mol. The predicted octanol–water partition coefficient (Wildman–Crippen LogP) is 3.45. The van der Waals surface area contributed by atoms with Crippen LogP contribution in [-0.2, 0) is 4.74 Å². The Morgan fingerprint density at radius 1 is 1.18 bits per heavy atom. The normalized spacial score (nSPS) is 21.7. The lowest BCUT2D eigenvalue weighted by molar-refractivity contribution is 0.0598. The van der Waals surface area contributed by atoms with Gasteiger partial charge in [0.25, 0.3) is 0 Å². The van der Waals surface area contributed by atoms with Crippen LogP contribution in [0.3, 0.4) is 0 Å². The maximum atomic E-state index is 12.7. The summed E-state index contributed by atoms with van der Waals surface area (Å²) < 4.78 is 6.77. The van der Waals surface area contributed by atoms with Gasteiger partial charge in [0.05, 0.1) is 24.4 Å². The molecule has 28 heavy (non-hydrogen) atoms. The van der Waals surface area contributed by atoms with Gasteiger partial charge in [-0.1, -0.05) is 0 Å². The van der Waals surface area contributed by atoms with Crippen LogP contribution in [0.15, 0.2) is 29.2 Å². The summed E-state index contributed by atoms with van der Waals surface area (Å²) in [6.07, 6.45) is 5.71. The second-order valence-electron chi connectivity index (χ2n) is 8.76. The Morgan fingerprint density at radius 2 is 1.93 bits per heavy atom. The van der Waals surface area contributed by atoms with Crippen molar-refractivity contribution < 1.29 is 14.6 Å². The first kappa shape index (κ1) is 17.3. The molecule has 0 unspecified atom stereocenters. The summed E-state index contributed by atoms with van der Waals surface area (Å²) in [5.74, 6) is 0.134. The first-order valence-electron chi connectivity index (χ1n) is 9.83. The van der Waals surface area contributed by atoms with Crippen LogP contribution in [0, 0.1) is 0 Å². The average Bonchev–Trinajstić information content (AvgIpc) is 3.44. The molecule has 1 aliphatic carbocycles. The standard InChI is InChI=1S/C22H24N2O4/c1-22(2)7-6-17-15-9-19(25)13(12-4-5-12)8-14(15)18-10-20(26)16(21(27)28-3)11-23(18)24(17)22/h8-12,17,25H,4-7H2,1-3H3/t17-/m1/s1. The maximum absolute atomic E-state index is 12.7. The van der Waals surface area contributed by atoms with Gasteiger partial charge in [-0.05, 0) is 68.7 Å². The van der Waals surface area contributed by atoms with E-state index in [1.165, 1.54) is 13.2 Å². The molecule has 2 aromatic rings. The molecule has 1 atom stereocenters. The number of fused-ring (bicyclic) bond motifs is 6. The Labute approximate surface area is 163 Å². The van der Waals surface area contributed by atoms with Gasteiger partial charge in [0.2, 0.25) is 0 Å². The Kier molecular flexibility index (Phi) is 3.49. The zero-order valence-electron chi connectivity index (χ0n) is 16.4. The molecular weight excluding hydrogens is 356 g/mol. The van der Waals surface area contributed by atoms with Crippen LogP contribution in [0.2, 0.25) is 0 Å². The molecule has 2 fully saturated rings. The minimum absolute atomic E-state index is 0.0392. The van der Waals surface area contributed by atoms with Crippen LogP contribution in [-0.4, -0.2) is 28.4 Å². The number of methoxy groups -OCH3 is 1. The second kappa shape index (κ2) is 5.63. The molecule has 0 bridgehead atoms. The number of phenolic OH excluding ortho intramolecular Hbond substituents is 1. The quantitative estimate of drug-likeness (QED) is 0.808. The van der Waals surface area contributed by atoms with Crippen molar-refractivity contribution in [3.8, 4) is 17.0 Å². The number of carbonyl (C=O) groups is 1. The molecule has 5 rings (SSSR count). The molecule has 1 saturated heterocycles. The molecule has 0 amide bonds. The molecule has 1 N–H and O–H groups in total. The third kappa shape index (κ3) is 2.33. The van der Waals surface area contributed by atoms with Gasteiger partial charge in [0.15, 0.2) is 5.43 Å². The van der Waals surface area contributed by atoms with Gasteiger partial charge < -0.3 is 9.84 Å². The molecule has 1 aromatic heterocycles. The summed E-state index contributed by atoms with van der Waals surface area (Å²) >= 11 is 0. The highest BCUT2D eigenvalue weighted by Crippen LogP contribution is 2.52. The Balaban J connectivity index is 1.80. The van der Waals surface area contributed by atoms with Crippen molar-refractivity contribution in [2.75, 3.05) is 12.1 Å². The average molecular weight is 380 g/mol. The van der Waals surface area contributed by atoms with Crippen molar-refractivity contribution in [1.82, 2.24) is 4.68 Å². The molecule has 3 heterocycles. The van der Waals surface area contributed by atoms with Gasteiger partial charge in [-0.2, -0.15) is 0 Å². The fourth-order valence-electron chi connectivity index (χ4n) is 4.88. The van der Waals surface area contributed by atoms with E-state index in [1.54, 1.807) is 6.20 Å². The highest BCUT2D eigenvalue weighted by atomic mass is 16.5. The lowest BCUT2D eigenvalue weighted by Crippen LogP contribution is -2.50. The fraction of sp³-hybridized carbons (Fsp3) is 0.455. The van der Waals surface area contributed by atoms with Crippen molar-refractivity contribution in [2.45, 2.75) is 57.0 Å². The summed E-state index contributed by atoms with van der Waals surface area (Å²) in [4.78, 5) is 24.8. The van der Waals surface area contributed by atoms with Crippen molar-refractivity contribution in [2.24, 2.45) is 0 Å². The lowest BCUT2D eigenvalue weighted by atomic mass is 9.91. The molecule has 0 spiro atoms. The lowest BCUT2D eigenvalue weighted by Gasteiger charge is -2.44. The molecule has 6 nitrogen and oxygen atoms in total. The van der Waals surface area contributed by atoms with Crippen LogP contribution < -0.4 is 10.4 Å². The summed E-state index contributed by atoms with van der Waals surface area (Å²) in [6, 6.07) is 5.56. The fourth-order valence-corrected chi connectivity index (χ4v) is 4.88. The Hall–Kier alpha value is -2.76. The van der Waals surface area contributed by atoms with Gasteiger partial charge in [0.1, 0.15) is 11.3 Å². The largest absolute Gasteiger partial charge is 0.508 e. The first-order valence-corrected chi connectivity index (χ1v) is 9.83. The molecule has 6 heteroatoms.